The molecule has 2 aromatic rings. The number of rotatable bonds is 7. The van der Waals surface area contributed by atoms with Crippen molar-refractivity contribution in [1.82, 2.24) is 10.2 Å². The van der Waals surface area contributed by atoms with Crippen LogP contribution in [0.15, 0.2) is 30.3 Å². The molecule has 2 aromatic carbocycles. The molecule has 0 saturated carbocycles. The number of likely N-dealkylation sites (N-methyl/N-ethyl adjacent to an activating group) is 1. The second-order valence-electron chi connectivity index (χ2n) is 7.14. The maximum atomic E-state index is 13.7. The average Bonchev–Trinajstić information content (AvgIpc) is 2.73. The molecule has 2 amide bonds. The molecule has 31 heavy (non-hydrogen) atoms. The number of amides is 2. The van der Waals surface area contributed by atoms with Gasteiger partial charge in [0.1, 0.15) is 13.2 Å². The van der Waals surface area contributed by atoms with E-state index in [9.17, 15) is 22.8 Å². The molecule has 0 spiro atoms. The summed E-state index contributed by atoms with van der Waals surface area (Å²) < 4.78 is 50.9. The molecule has 3 rings (SSSR count). The number of hydrogen-bond acceptors (Lipinski definition) is 5. The largest absolute Gasteiger partial charge is 0.486 e. The minimum Gasteiger partial charge on any atom is -0.486 e. The lowest BCUT2D eigenvalue weighted by molar-refractivity contribution is -0.123. The quantitative estimate of drug-likeness (QED) is 0.651. The average molecular weight is 437 g/mol. The molecule has 1 unspecified atom stereocenters. The molecule has 0 aliphatic carbocycles. The third kappa shape index (κ3) is 5.66. The second kappa shape index (κ2) is 9.69. The third-order valence-corrected chi connectivity index (χ3v) is 4.58. The molecule has 1 aliphatic heterocycles. The Morgan fingerprint density at radius 3 is 2.42 bits per heavy atom. The van der Waals surface area contributed by atoms with E-state index in [1.54, 1.807) is 12.1 Å². The third-order valence-electron chi connectivity index (χ3n) is 4.58. The first-order valence-electron chi connectivity index (χ1n) is 9.55. The zero-order chi connectivity index (χ0) is 22.5. The van der Waals surface area contributed by atoms with E-state index < -0.39 is 29.0 Å². The minimum absolute atomic E-state index is 0.109. The maximum Gasteiger partial charge on any atom is 0.238 e. The summed E-state index contributed by atoms with van der Waals surface area (Å²) in [6.45, 7) is 2.38. The summed E-state index contributed by atoms with van der Waals surface area (Å²) in [6, 6.07) is 6.72. The van der Waals surface area contributed by atoms with Crippen LogP contribution >= 0.6 is 0 Å². The highest BCUT2D eigenvalue weighted by molar-refractivity contribution is 5.92. The van der Waals surface area contributed by atoms with E-state index >= 15 is 0 Å². The van der Waals surface area contributed by atoms with Crippen LogP contribution in [0.3, 0.4) is 0 Å². The van der Waals surface area contributed by atoms with Gasteiger partial charge in [0, 0.05) is 0 Å². The topological polar surface area (TPSA) is 79.9 Å². The van der Waals surface area contributed by atoms with Crippen LogP contribution in [0.25, 0.3) is 0 Å². The number of benzene rings is 2. The zero-order valence-electron chi connectivity index (χ0n) is 17.0. The van der Waals surface area contributed by atoms with Crippen LogP contribution in [-0.4, -0.2) is 50.1 Å². The first-order chi connectivity index (χ1) is 14.7. The SMILES string of the molecule is CC(NC(=O)CN(C)CC(=O)Nc1ccc(F)c(F)c1F)c1ccc2c(c1)OCCO2. The number of hydrogen-bond donors (Lipinski definition) is 2. The van der Waals surface area contributed by atoms with Gasteiger partial charge in [0.2, 0.25) is 11.8 Å². The van der Waals surface area contributed by atoms with Crippen molar-refractivity contribution in [3.05, 3.63) is 53.3 Å². The molecular weight excluding hydrogens is 415 g/mol. The fourth-order valence-corrected chi connectivity index (χ4v) is 3.06. The number of fused-ring (bicyclic) bond motifs is 1. The van der Waals surface area contributed by atoms with Gasteiger partial charge in [-0.3, -0.25) is 14.5 Å². The van der Waals surface area contributed by atoms with E-state index in [0.29, 0.717) is 30.8 Å². The van der Waals surface area contributed by atoms with Crippen molar-refractivity contribution in [2.45, 2.75) is 13.0 Å². The van der Waals surface area contributed by atoms with Crippen LogP contribution in [-0.2, 0) is 9.59 Å². The molecule has 2 N–H and O–H groups in total. The Morgan fingerprint density at radius 2 is 1.68 bits per heavy atom. The van der Waals surface area contributed by atoms with E-state index in [4.69, 9.17) is 9.47 Å². The van der Waals surface area contributed by atoms with E-state index in [0.717, 1.165) is 11.6 Å². The van der Waals surface area contributed by atoms with Gasteiger partial charge < -0.3 is 20.1 Å². The van der Waals surface area contributed by atoms with Gasteiger partial charge in [-0.15, -0.1) is 0 Å². The van der Waals surface area contributed by atoms with Crippen molar-refractivity contribution in [3.63, 3.8) is 0 Å². The molecule has 1 aliphatic rings. The van der Waals surface area contributed by atoms with Gasteiger partial charge >= 0.3 is 0 Å². The Bertz CT molecular complexity index is 987. The van der Waals surface area contributed by atoms with Crippen LogP contribution in [0.2, 0.25) is 0 Å². The maximum absolute atomic E-state index is 13.7. The van der Waals surface area contributed by atoms with Gasteiger partial charge in [-0.05, 0) is 43.8 Å². The number of halogens is 3. The summed E-state index contributed by atoms with van der Waals surface area (Å²) in [4.78, 5) is 25.8. The molecule has 0 radical (unpaired) electrons. The van der Waals surface area contributed by atoms with Gasteiger partial charge in [-0.1, -0.05) is 6.07 Å². The predicted octanol–water partition coefficient (Wildman–Crippen LogP) is 2.62. The summed E-state index contributed by atoms with van der Waals surface area (Å²) in [5.41, 5.74) is 0.348. The van der Waals surface area contributed by atoms with Gasteiger partial charge in [0.15, 0.2) is 29.0 Å². The number of anilines is 1. The van der Waals surface area contributed by atoms with Crippen molar-refractivity contribution >= 4 is 17.5 Å². The van der Waals surface area contributed by atoms with Crippen molar-refractivity contribution in [2.75, 3.05) is 38.7 Å². The molecule has 7 nitrogen and oxygen atoms in total. The summed E-state index contributed by atoms with van der Waals surface area (Å²) in [6.07, 6.45) is 0. The fraction of sp³-hybridized carbons (Fsp3) is 0.333. The van der Waals surface area contributed by atoms with Crippen molar-refractivity contribution in [3.8, 4) is 11.5 Å². The molecule has 0 aromatic heterocycles. The summed E-state index contributed by atoms with van der Waals surface area (Å²) >= 11 is 0. The normalized spacial score (nSPS) is 13.6. The summed E-state index contributed by atoms with van der Waals surface area (Å²) in [7, 11) is 1.52. The standard InChI is InChI=1S/C21H22F3N3O4/c1-12(13-3-6-16-17(9-13)31-8-7-30-16)25-18(28)10-27(2)11-19(29)26-15-5-4-14(22)20(23)21(15)24/h3-6,9,12H,7-8,10-11H2,1-2H3,(H,25,28)(H,26,29). The van der Waals surface area contributed by atoms with Crippen LogP contribution in [0, 0.1) is 17.5 Å². The summed E-state index contributed by atoms with van der Waals surface area (Å²) in [5, 5.41) is 4.98. The number of nitrogens with zero attached hydrogens (tertiary/aromatic N) is 1. The van der Waals surface area contributed by atoms with Gasteiger partial charge in [0.25, 0.3) is 0 Å². The van der Waals surface area contributed by atoms with Crippen LogP contribution in [0.5, 0.6) is 11.5 Å². The molecular formula is C21H22F3N3O4. The van der Waals surface area contributed by atoms with Gasteiger partial charge in [-0.25, -0.2) is 13.2 Å². The Labute approximate surface area is 177 Å². The minimum atomic E-state index is -1.67. The highest BCUT2D eigenvalue weighted by Crippen LogP contribution is 2.32. The lowest BCUT2D eigenvalue weighted by atomic mass is 10.1. The van der Waals surface area contributed by atoms with Gasteiger partial charge in [0.05, 0.1) is 24.8 Å². The highest BCUT2D eigenvalue weighted by Gasteiger charge is 2.19. The zero-order valence-corrected chi connectivity index (χ0v) is 17.0. The smallest absolute Gasteiger partial charge is 0.238 e. The Hall–Kier alpha value is -3.27. The lowest BCUT2D eigenvalue weighted by Gasteiger charge is -2.22. The van der Waals surface area contributed by atoms with Gasteiger partial charge in [-0.2, -0.15) is 0 Å². The molecule has 0 bridgehead atoms. The van der Waals surface area contributed by atoms with Crippen molar-refractivity contribution in [2.24, 2.45) is 0 Å². The fourth-order valence-electron chi connectivity index (χ4n) is 3.06. The first kappa shape index (κ1) is 22.4. The highest BCUT2D eigenvalue weighted by atomic mass is 19.2. The predicted molar refractivity (Wildman–Crippen MR) is 106 cm³/mol. The monoisotopic (exact) mass is 437 g/mol. The molecule has 1 atom stereocenters. The van der Waals surface area contributed by atoms with Crippen LogP contribution in [0.1, 0.15) is 18.5 Å². The Kier molecular flexibility index (Phi) is 7.01. The Morgan fingerprint density at radius 1 is 1.00 bits per heavy atom. The van der Waals surface area contributed by atoms with E-state index in [2.05, 4.69) is 10.6 Å². The number of nitrogens with one attached hydrogen (secondary N) is 2. The number of carbonyl (C=O) groups is 2. The first-order valence-corrected chi connectivity index (χ1v) is 9.55. The van der Waals surface area contributed by atoms with Crippen LogP contribution in [0.4, 0.5) is 18.9 Å². The molecule has 0 fully saturated rings. The van der Waals surface area contributed by atoms with E-state index in [-0.39, 0.29) is 25.0 Å². The molecule has 166 valence electrons. The lowest BCUT2D eigenvalue weighted by Crippen LogP contribution is -2.39. The molecule has 10 heteroatoms. The van der Waals surface area contributed by atoms with Crippen molar-refractivity contribution in [1.29, 1.82) is 0 Å². The van der Waals surface area contributed by atoms with E-state index in [1.807, 2.05) is 13.0 Å². The molecule has 1 heterocycles. The summed E-state index contributed by atoms with van der Waals surface area (Å²) in [5.74, 6) is -4.26. The number of ether oxygens (including phenoxy) is 2. The van der Waals surface area contributed by atoms with Crippen LogP contribution < -0.4 is 20.1 Å². The molecule has 0 saturated heterocycles. The van der Waals surface area contributed by atoms with E-state index in [1.165, 1.54) is 11.9 Å². The van der Waals surface area contributed by atoms with Crippen molar-refractivity contribution < 1.29 is 32.2 Å². The number of carbonyl (C=O) groups excluding carboxylic acids is 2. The Balaban J connectivity index is 1.50. The second-order valence-corrected chi connectivity index (χ2v) is 7.14.